The van der Waals surface area contributed by atoms with E-state index in [1.54, 1.807) is 19.3 Å². The van der Waals surface area contributed by atoms with E-state index in [4.69, 9.17) is 4.42 Å². The fourth-order valence-corrected chi connectivity index (χ4v) is 4.70. The zero-order chi connectivity index (χ0) is 20.2. The number of amides is 2. The van der Waals surface area contributed by atoms with Crippen molar-refractivity contribution < 1.29 is 14.0 Å². The highest BCUT2D eigenvalue weighted by atomic mass is 16.3. The van der Waals surface area contributed by atoms with E-state index in [0.717, 1.165) is 45.2 Å². The van der Waals surface area contributed by atoms with Gasteiger partial charge in [-0.25, -0.2) is 0 Å². The number of benzene rings is 1. The van der Waals surface area contributed by atoms with Crippen LogP contribution in [-0.4, -0.2) is 47.8 Å². The van der Waals surface area contributed by atoms with Crippen LogP contribution in [-0.2, 0) is 11.2 Å². The lowest BCUT2D eigenvalue weighted by Crippen LogP contribution is -2.48. The zero-order valence-electron chi connectivity index (χ0n) is 17.2. The average Bonchev–Trinajstić information content (AvgIpc) is 3.20. The molecule has 5 nitrogen and oxygen atoms in total. The molecule has 3 heterocycles. The van der Waals surface area contributed by atoms with Crippen LogP contribution in [0, 0.1) is 18.8 Å². The minimum atomic E-state index is -0.0782. The van der Waals surface area contributed by atoms with E-state index in [9.17, 15) is 9.59 Å². The third-order valence-electron chi connectivity index (χ3n) is 6.44. The van der Waals surface area contributed by atoms with Gasteiger partial charge in [0.2, 0.25) is 5.91 Å². The smallest absolute Gasteiger partial charge is 0.257 e. The molecule has 29 heavy (non-hydrogen) atoms. The van der Waals surface area contributed by atoms with Gasteiger partial charge in [-0.3, -0.25) is 9.59 Å². The summed E-state index contributed by atoms with van der Waals surface area (Å²) < 4.78 is 5.28. The van der Waals surface area contributed by atoms with Gasteiger partial charge in [0.15, 0.2) is 0 Å². The number of aryl methyl sites for hydroxylation is 1. The van der Waals surface area contributed by atoms with Crippen LogP contribution in [0.1, 0.15) is 47.4 Å². The standard InChI is InChI=1S/C24H30N2O3/c1-18-22(11-15-29-18)24(28)26-12-5-8-21(17-26)23(27)25-13-9-20(10-14-25)16-19-6-3-2-4-7-19/h2-4,6-7,11,15,20-21H,5,8-10,12-14,16-17H2,1H3/t21-/m1/s1. The molecule has 0 N–H and O–H groups in total. The third-order valence-corrected chi connectivity index (χ3v) is 6.44. The maximum atomic E-state index is 13.1. The van der Waals surface area contributed by atoms with Crippen LogP contribution >= 0.6 is 0 Å². The summed E-state index contributed by atoms with van der Waals surface area (Å²) in [5, 5.41) is 0. The van der Waals surface area contributed by atoms with Gasteiger partial charge in [0, 0.05) is 26.2 Å². The molecule has 2 saturated heterocycles. The second-order valence-electron chi connectivity index (χ2n) is 8.44. The topological polar surface area (TPSA) is 53.8 Å². The molecule has 2 aliphatic rings. The van der Waals surface area contributed by atoms with Crippen LogP contribution in [0.25, 0.3) is 0 Å². The van der Waals surface area contributed by atoms with Gasteiger partial charge >= 0.3 is 0 Å². The van der Waals surface area contributed by atoms with Gasteiger partial charge in [-0.1, -0.05) is 30.3 Å². The monoisotopic (exact) mass is 394 g/mol. The van der Waals surface area contributed by atoms with Crippen LogP contribution < -0.4 is 0 Å². The van der Waals surface area contributed by atoms with Crippen molar-refractivity contribution in [2.75, 3.05) is 26.2 Å². The Balaban J connectivity index is 1.30. The number of likely N-dealkylation sites (tertiary alicyclic amines) is 2. The second-order valence-corrected chi connectivity index (χ2v) is 8.44. The van der Waals surface area contributed by atoms with Crippen molar-refractivity contribution in [3.8, 4) is 0 Å². The first-order valence-corrected chi connectivity index (χ1v) is 10.8. The molecule has 0 spiro atoms. The second kappa shape index (κ2) is 8.85. The van der Waals surface area contributed by atoms with Crippen molar-refractivity contribution in [1.29, 1.82) is 0 Å². The molecule has 1 atom stereocenters. The van der Waals surface area contributed by atoms with Crippen LogP contribution in [0.2, 0.25) is 0 Å². The Labute approximate surface area is 172 Å². The van der Waals surface area contributed by atoms with Gasteiger partial charge in [-0.15, -0.1) is 0 Å². The summed E-state index contributed by atoms with van der Waals surface area (Å²) in [4.78, 5) is 29.7. The minimum absolute atomic E-state index is 0.0182. The number of furan rings is 1. The summed E-state index contributed by atoms with van der Waals surface area (Å²) in [6.07, 6.45) is 6.52. The van der Waals surface area contributed by atoms with Gasteiger partial charge < -0.3 is 14.2 Å². The SMILES string of the molecule is Cc1occc1C(=O)N1CCC[C@@H](C(=O)N2CCC(Cc3ccccc3)CC2)C1. The molecule has 0 aliphatic carbocycles. The molecule has 1 aromatic heterocycles. The summed E-state index contributed by atoms with van der Waals surface area (Å²) in [7, 11) is 0. The fourth-order valence-electron chi connectivity index (χ4n) is 4.70. The van der Waals surface area contributed by atoms with E-state index in [1.807, 2.05) is 9.80 Å². The number of piperidine rings is 2. The first-order valence-electron chi connectivity index (χ1n) is 10.8. The molecule has 2 aromatic rings. The molecule has 0 radical (unpaired) electrons. The lowest BCUT2D eigenvalue weighted by Gasteiger charge is -2.38. The minimum Gasteiger partial charge on any atom is -0.469 e. The Kier molecular flexibility index (Phi) is 6.02. The van der Waals surface area contributed by atoms with Gasteiger partial charge in [0.1, 0.15) is 5.76 Å². The van der Waals surface area contributed by atoms with Crippen molar-refractivity contribution in [2.24, 2.45) is 11.8 Å². The number of rotatable bonds is 4. The van der Waals surface area contributed by atoms with Crippen LogP contribution in [0.15, 0.2) is 47.1 Å². The lowest BCUT2D eigenvalue weighted by molar-refractivity contribution is -0.138. The molecule has 0 bridgehead atoms. The number of carbonyl (C=O) groups is 2. The fraction of sp³-hybridized carbons (Fsp3) is 0.500. The number of hydrogen-bond donors (Lipinski definition) is 0. The van der Waals surface area contributed by atoms with Gasteiger partial charge in [0.05, 0.1) is 17.7 Å². The molecule has 2 fully saturated rings. The Bertz CT molecular complexity index is 837. The van der Waals surface area contributed by atoms with E-state index < -0.39 is 0 Å². The highest BCUT2D eigenvalue weighted by molar-refractivity contribution is 5.95. The first kappa shape index (κ1) is 19.7. The average molecular weight is 395 g/mol. The summed E-state index contributed by atoms with van der Waals surface area (Å²) in [5.74, 6) is 1.42. The van der Waals surface area contributed by atoms with Gasteiger partial charge in [0.25, 0.3) is 5.91 Å². The Morgan fingerprint density at radius 3 is 2.45 bits per heavy atom. The summed E-state index contributed by atoms with van der Waals surface area (Å²) in [6.45, 7) is 4.71. The summed E-state index contributed by atoms with van der Waals surface area (Å²) in [5.41, 5.74) is 1.99. The van der Waals surface area contributed by atoms with Crippen LogP contribution in [0.4, 0.5) is 0 Å². The van der Waals surface area contributed by atoms with E-state index in [1.165, 1.54) is 5.56 Å². The molecule has 5 heteroatoms. The Morgan fingerprint density at radius 1 is 1.00 bits per heavy atom. The molecular weight excluding hydrogens is 364 g/mol. The Morgan fingerprint density at radius 2 is 1.76 bits per heavy atom. The van der Waals surface area contributed by atoms with Gasteiger partial charge in [-0.05, 0) is 56.6 Å². The normalized spacial score (nSPS) is 20.7. The molecule has 1 aromatic carbocycles. The highest BCUT2D eigenvalue weighted by Crippen LogP contribution is 2.26. The lowest BCUT2D eigenvalue weighted by atomic mass is 9.89. The molecular formula is C24H30N2O3. The quantitative estimate of drug-likeness (QED) is 0.790. The molecule has 0 unspecified atom stereocenters. The van der Waals surface area contributed by atoms with E-state index in [2.05, 4.69) is 30.3 Å². The van der Waals surface area contributed by atoms with E-state index in [0.29, 0.717) is 30.3 Å². The number of nitrogens with zero attached hydrogens (tertiary/aromatic N) is 2. The predicted molar refractivity (Wildman–Crippen MR) is 112 cm³/mol. The Hall–Kier alpha value is -2.56. The van der Waals surface area contributed by atoms with Crippen molar-refractivity contribution in [3.05, 3.63) is 59.5 Å². The molecule has 0 saturated carbocycles. The van der Waals surface area contributed by atoms with E-state index in [-0.39, 0.29) is 17.7 Å². The molecule has 154 valence electrons. The zero-order valence-corrected chi connectivity index (χ0v) is 17.2. The molecule has 4 rings (SSSR count). The molecule has 2 aliphatic heterocycles. The number of carbonyl (C=O) groups excluding carboxylic acids is 2. The first-order chi connectivity index (χ1) is 14.1. The van der Waals surface area contributed by atoms with Crippen LogP contribution in [0.3, 0.4) is 0 Å². The predicted octanol–water partition coefficient (Wildman–Crippen LogP) is 3.92. The van der Waals surface area contributed by atoms with Crippen molar-refractivity contribution in [1.82, 2.24) is 9.80 Å². The maximum Gasteiger partial charge on any atom is 0.257 e. The largest absolute Gasteiger partial charge is 0.469 e. The third kappa shape index (κ3) is 4.55. The molecule has 2 amide bonds. The summed E-state index contributed by atoms with van der Waals surface area (Å²) >= 11 is 0. The summed E-state index contributed by atoms with van der Waals surface area (Å²) in [6, 6.07) is 12.3. The van der Waals surface area contributed by atoms with Crippen LogP contribution in [0.5, 0.6) is 0 Å². The van der Waals surface area contributed by atoms with Crippen molar-refractivity contribution in [3.63, 3.8) is 0 Å². The number of hydrogen-bond acceptors (Lipinski definition) is 3. The highest BCUT2D eigenvalue weighted by Gasteiger charge is 2.33. The van der Waals surface area contributed by atoms with E-state index >= 15 is 0 Å². The van der Waals surface area contributed by atoms with Gasteiger partial charge in [-0.2, -0.15) is 0 Å². The van der Waals surface area contributed by atoms with Crippen molar-refractivity contribution in [2.45, 2.75) is 39.0 Å². The van der Waals surface area contributed by atoms with Crippen molar-refractivity contribution >= 4 is 11.8 Å². The maximum absolute atomic E-state index is 13.1.